The standard InChI is InChI=1S/F2O2Xe/c1-5(2,3)4. The molecule has 0 amide bonds. The molecule has 34 valence electrons. The van der Waals surface area contributed by atoms with E-state index in [1.807, 2.05) is 0 Å². The Morgan fingerprint density at radius 2 is 1.20 bits per heavy atom. The third kappa shape index (κ3) is 43.5. The zero-order valence-electron chi connectivity index (χ0n) is 1.93. The van der Waals surface area contributed by atoms with Crippen molar-refractivity contribution in [3.05, 3.63) is 0 Å². The Morgan fingerprint density at radius 3 is 1.20 bits per heavy atom. The Bertz CT molecular complexity index is 90.8. The van der Waals surface area contributed by atoms with Crippen LogP contribution in [0, 0.1) is 41.7 Å². The molecular formula is F2O2Xe. The molecule has 0 saturated carbocycles. The normalized spacial score (nSPS) is 14.8. The molecule has 0 aliphatic carbocycles. The van der Waals surface area contributed by atoms with E-state index in [1.165, 1.54) is 0 Å². The molecule has 0 rings (SSSR count). The van der Waals surface area contributed by atoms with Crippen molar-refractivity contribution in [1.29, 1.82) is 0 Å². The maximum absolute atomic E-state index is 10.1. The quantitative estimate of drug-likeness (QED) is 0.575. The third-order valence-corrected chi connectivity index (χ3v) is 0. The Morgan fingerprint density at radius 1 is 1.20 bits per heavy atom. The van der Waals surface area contributed by atoms with Crippen LogP contribution < -0.4 is 0 Å². The first kappa shape index (κ1) is 6.03. The molecule has 5 heavy (non-hydrogen) atoms. The summed E-state index contributed by atoms with van der Waals surface area (Å²) in [7, 11) is 0. The van der Waals surface area contributed by atoms with Gasteiger partial charge in [0.2, 0.25) is 0 Å². The topological polar surface area (TPSA) is 34.1 Å². The van der Waals surface area contributed by atoms with Crippen molar-refractivity contribution in [2.45, 2.75) is 0 Å². The van der Waals surface area contributed by atoms with E-state index in [1.54, 1.807) is 0 Å². The molecule has 0 aromatic rings. The van der Waals surface area contributed by atoms with Crippen LogP contribution in [0.15, 0.2) is 0 Å². The monoisotopic (exact) mass is 202 g/mol. The fraction of sp³-hybridized carbons (Fsp3) is 0. The van der Waals surface area contributed by atoms with Crippen LogP contribution in [0.5, 0.6) is 0 Å². The van der Waals surface area contributed by atoms with Gasteiger partial charge < -0.3 is 0 Å². The molecule has 0 bridgehead atoms. The fourth-order valence-electron chi connectivity index (χ4n) is 0. The zero-order valence-corrected chi connectivity index (χ0v) is 3.94. The molecule has 0 saturated heterocycles. The van der Waals surface area contributed by atoms with Crippen LogP contribution in [0.1, 0.15) is 0 Å². The van der Waals surface area contributed by atoms with E-state index in [0.29, 0.717) is 0 Å². The summed E-state index contributed by atoms with van der Waals surface area (Å²) in [4.78, 5) is 0. The van der Waals surface area contributed by atoms with Crippen LogP contribution in [-0.4, -0.2) is 0 Å². The predicted octanol–water partition coefficient (Wildman–Crippen LogP) is 0.603. The molecule has 0 aliphatic heterocycles. The summed E-state index contributed by atoms with van der Waals surface area (Å²) in [6, 6.07) is 0. The second-order valence-electron chi connectivity index (χ2n) is 0.328. The second kappa shape index (κ2) is 1.65. The van der Waals surface area contributed by atoms with E-state index >= 15 is 0 Å². The predicted molar refractivity (Wildman–Crippen MR) is 3.59 cm³/mol. The molecule has 5 heteroatoms. The Balaban J connectivity index is 4.06. The van der Waals surface area contributed by atoms with Gasteiger partial charge in [-0.3, -0.25) is 0 Å². The first-order valence-electron chi connectivity index (χ1n) is 0.556. The van der Waals surface area contributed by atoms with Gasteiger partial charge in [-0.25, -0.2) is 0 Å². The Hall–Kier alpha value is 1.03. The van der Waals surface area contributed by atoms with Gasteiger partial charge in [0, 0.05) is 0 Å². The second-order valence-corrected chi connectivity index (χ2v) is 2.20. The molecule has 0 aromatic heterocycles. The van der Waals surface area contributed by atoms with Gasteiger partial charge in [-0.1, -0.05) is 0 Å². The van der Waals surface area contributed by atoms with E-state index in [9.17, 15) is 0.167 Å². The third-order valence-electron chi connectivity index (χ3n) is 0. The molecule has 0 heterocycles. The average molecular weight is 201 g/mol. The number of hydrogen-bond donors (Lipinski definition) is 0. The minimum absolute atomic E-state index is 6.36. The van der Waals surface area contributed by atoms with Crippen molar-refractivity contribution in [3.8, 4) is 0 Å². The zero-order chi connectivity index (χ0) is 4.50. The number of hydrogen-bond acceptors (Lipinski definition) is 2. The van der Waals surface area contributed by atoms with Gasteiger partial charge >= 0.3 is 41.9 Å². The van der Waals surface area contributed by atoms with Gasteiger partial charge in [0.05, 0.1) is 0 Å². The molecule has 0 aromatic carbocycles. The summed E-state index contributed by atoms with van der Waals surface area (Å²) in [5.41, 5.74) is 0. The van der Waals surface area contributed by atoms with Gasteiger partial charge in [0.1, 0.15) is 0 Å². The summed E-state index contributed by atoms with van der Waals surface area (Å²) in [5.74, 6) is 0. The fourth-order valence-corrected chi connectivity index (χ4v) is 0. The summed E-state index contributed by atoms with van der Waals surface area (Å²) in [6.07, 6.45) is 0. The van der Waals surface area contributed by atoms with Gasteiger partial charge in [-0.2, -0.15) is 0 Å². The van der Waals surface area contributed by atoms with Crippen LogP contribution in [0.4, 0.5) is 0.167 Å². The van der Waals surface area contributed by atoms with Crippen LogP contribution in [0.2, 0.25) is 0 Å². The summed E-state index contributed by atoms with van der Waals surface area (Å²) < 4.78 is 36.9. The van der Waals surface area contributed by atoms with Crippen LogP contribution in [-0.2, 0) is 0.0797 Å². The van der Waals surface area contributed by atoms with E-state index < -0.39 is 41.7 Å². The molecular weight excluding hydrogens is 201 g/mol. The van der Waals surface area contributed by atoms with Crippen molar-refractivity contribution in [3.63, 3.8) is 0 Å². The van der Waals surface area contributed by atoms with Gasteiger partial charge in [-0.05, 0) is 0 Å². The van der Waals surface area contributed by atoms with Crippen molar-refractivity contribution < 1.29 is 41.9 Å². The van der Waals surface area contributed by atoms with E-state index in [-0.39, 0.29) is 0 Å². The Kier molecular flexibility index (Phi) is 2.00. The molecule has 0 aliphatic rings. The maximum atomic E-state index is 10.1. The van der Waals surface area contributed by atoms with Crippen molar-refractivity contribution >= 4 is 0 Å². The molecule has 0 spiro atoms. The molecule has 0 N–H and O–H groups in total. The SMILES string of the molecule is O=[Xe](=O)(F)F. The Labute approximate surface area is 41.1 Å². The van der Waals surface area contributed by atoms with Gasteiger partial charge in [0.25, 0.3) is 0 Å². The van der Waals surface area contributed by atoms with Crippen molar-refractivity contribution in [2.24, 2.45) is 0 Å². The van der Waals surface area contributed by atoms with Gasteiger partial charge in [-0.15, -0.1) is 0 Å². The minimum atomic E-state index is -6.36. The van der Waals surface area contributed by atoms with Gasteiger partial charge in [0.15, 0.2) is 0 Å². The summed E-state index contributed by atoms with van der Waals surface area (Å²) >= 11 is -6.36. The van der Waals surface area contributed by atoms with Crippen molar-refractivity contribution in [1.82, 2.24) is 0 Å². The molecule has 0 unspecified atom stereocenters. The molecule has 0 radical (unpaired) electrons. The van der Waals surface area contributed by atoms with Crippen LogP contribution in [0.3, 0.4) is 0 Å². The molecule has 0 atom stereocenters. The first-order valence-corrected chi connectivity index (χ1v) is 3.73. The summed E-state index contributed by atoms with van der Waals surface area (Å²) in [6.45, 7) is 0. The van der Waals surface area contributed by atoms with E-state index in [2.05, 4.69) is 0 Å². The number of rotatable bonds is 0. The average Bonchev–Trinajstić information content (AvgIpc) is 0.722. The van der Waals surface area contributed by atoms with E-state index in [4.69, 9.17) is 0.0797 Å². The molecule has 2 nitrogen and oxygen atoms in total. The molecule has 0 fully saturated rings. The van der Waals surface area contributed by atoms with Crippen LogP contribution in [0.25, 0.3) is 0 Å². The van der Waals surface area contributed by atoms with Crippen LogP contribution >= 0.6 is 0 Å². The first-order chi connectivity index (χ1) is 2.00. The summed E-state index contributed by atoms with van der Waals surface area (Å²) in [5, 5.41) is 0. The number of halogens is 2. The van der Waals surface area contributed by atoms with Crippen molar-refractivity contribution in [2.75, 3.05) is 0 Å². The van der Waals surface area contributed by atoms with E-state index in [0.717, 1.165) is 0 Å².